The number of hydrogen-bond acceptors (Lipinski definition) is 2. The van der Waals surface area contributed by atoms with Gasteiger partial charge in [-0.25, -0.2) is 4.57 Å². The van der Waals surface area contributed by atoms with Crippen LogP contribution < -0.4 is 3.26 Å². The van der Waals surface area contributed by atoms with Gasteiger partial charge in [0.15, 0.2) is 0 Å². The number of phosphoric acid groups is 1. The van der Waals surface area contributed by atoms with Crippen LogP contribution in [0.25, 0.3) is 0 Å². The van der Waals surface area contributed by atoms with Gasteiger partial charge in [0.25, 0.3) is 0 Å². The average molecular weight is 219 g/mol. The third-order valence-electron chi connectivity index (χ3n) is 0. The van der Waals surface area contributed by atoms with Crippen molar-refractivity contribution in [2.24, 2.45) is 0 Å². The summed E-state index contributed by atoms with van der Waals surface area (Å²) in [5.74, 6) is 0. The van der Waals surface area contributed by atoms with Crippen LogP contribution in [-0.4, -0.2) is 21.7 Å². The summed E-state index contributed by atoms with van der Waals surface area (Å²) in [4.78, 5) is 21.6. The Kier molecular flexibility index (Phi) is 8.90. The molecule has 0 saturated heterocycles. The molecule has 7 heteroatoms. The van der Waals surface area contributed by atoms with Crippen LogP contribution in [0.1, 0.15) is 0 Å². The van der Waals surface area contributed by atoms with E-state index in [0.717, 1.165) is 0 Å². The van der Waals surface area contributed by atoms with E-state index in [1.807, 2.05) is 7.05 Å². The van der Waals surface area contributed by atoms with E-state index >= 15 is 0 Å². The third-order valence-corrected chi connectivity index (χ3v) is 0. The predicted octanol–water partition coefficient (Wildman–Crippen LogP) is -1.26. The Bertz CT molecular complexity index is 71.8. The van der Waals surface area contributed by atoms with Crippen LogP contribution in [0.3, 0.4) is 0 Å². The molecule has 0 aromatic carbocycles. The van der Waals surface area contributed by atoms with E-state index < -0.39 is 7.82 Å². The minimum atomic E-state index is -4.64. The first kappa shape index (κ1) is 11.7. The number of hydrogen-bond donors (Lipinski definition) is 4. The molecule has 5 nitrogen and oxygen atoms in total. The maximum absolute atomic E-state index is 8.88. The summed E-state index contributed by atoms with van der Waals surface area (Å²) in [5, 5.41) is 0. The fourth-order valence-electron chi connectivity index (χ4n) is 0. The average Bonchev–Trinajstić information content (AvgIpc) is 1.27. The molecule has 0 aromatic heterocycles. The molecule has 0 aliphatic carbocycles. The van der Waals surface area contributed by atoms with Gasteiger partial charge >= 0.3 is 43.1 Å². The first-order chi connectivity index (χ1) is 3.41. The summed E-state index contributed by atoms with van der Waals surface area (Å²) in [7, 11) is -2.72. The van der Waals surface area contributed by atoms with Crippen molar-refractivity contribution in [3.8, 4) is 0 Å². The van der Waals surface area contributed by atoms with Gasteiger partial charge in [-0.15, -0.1) is 0 Å². The molecule has 0 rings (SSSR count). The first-order valence-electron chi connectivity index (χ1n) is 1.53. The summed E-state index contributed by atoms with van der Waals surface area (Å²) < 4.78 is 11.7. The van der Waals surface area contributed by atoms with E-state index in [0.29, 0.717) is 0 Å². The zero-order valence-electron chi connectivity index (χ0n) is 4.20. The van der Waals surface area contributed by atoms with E-state index in [1.54, 1.807) is 0 Å². The van der Waals surface area contributed by atoms with Gasteiger partial charge in [0.1, 0.15) is 0 Å². The van der Waals surface area contributed by atoms with Gasteiger partial charge < -0.3 is 14.7 Å². The third kappa shape index (κ3) is 271. The van der Waals surface area contributed by atoms with Crippen LogP contribution in [0.15, 0.2) is 0 Å². The van der Waals surface area contributed by atoms with Crippen molar-refractivity contribution in [2.75, 3.05) is 7.05 Å². The minimum absolute atomic E-state index is 1.39. The van der Waals surface area contributed by atoms with Crippen LogP contribution in [0, 0.1) is 0 Å². The van der Waals surface area contributed by atoms with E-state index in [9.17, 15) is 0 Å². The van der Waals surface area contributed by atoms with Crippen molar-refractivity contribution in [2.45, 2.75) is 0 Å². The molecule has 0 fully saturated rings. The first-order valence-corrected chi connectivity index (χ1v) is 4.33. The Balaban J connectivity index is 0. The van der Waals surface area contributed by atoms with Crippen LogP contribution >= 0.6 is 7.82 Å². The Morgan fingerprint density at radius 3 is 1.50 bits per heavy atom. The molecule has 0 bridgehead atoms. The summed E-state index contributed by atoms with van der Waals surface area (Å²) in [6.07, 6.45) is 0. The van der Waals surface area contributed by atoms with Crippen LogP contribution in [0.5, 0.6) is 0 Å². The van der Waals surface area contributed by atoms with E-state index in [4.69, 9.17) is 19.2 Å². The molecule has 0 aliphatic heterocycles. The molecule has 0 radical (unpaired) electrons. The van der Waals surface area contributed by atoms with Crippen molar-refractivity contribution < 1.29 is 44.3 Å². The molecule has 4 N–H and O–H groups in total. The zero-order chi connectivity index (χ0) is 7.21. The van der Waals surface area contributed by atoms with Gasteiger partial charge in [0.2, 0.25) is 0 Å². The molecule has 0 spiro atoms. The standard InChI is InChI=1S/CH4N.H3O4P.Zr/c1-2;1-5(2,3)4;/h2H,1H3;(H3,1,2,3,4);/q-1;;+1. The Hall–Kier alpha value is 0.953. The van der Waals surface area contributed by atoms with Crippen molar-refractivity contribution in [3.05, 3.63) is 0 Å². The van der Waals surface area contributed by atoms with Crippen molar-refractivity contribution in [1.29, 1.82) is 0 Å². The monoisotopic (exact) mass is 218 g/mol. The van der Waals surface area contributed by atoms with Gasteiger partial charge in [0.05, 0.1) is 0 Å². The molecular formula is CH7NO4PZr. The quantitative estimate of drug-likeness (QED) is 0.382. The van der Waals surface area contributed by atoms with Crippen molar-refractivity contribution in [1.82, 2.24) is 3.26 Å². The van der Waals surface area contributed by atoms with Crippen molar-refractivity contribution >= 4 is 7.82 Å². The Morgan fingerprint density at radius 1 is 1.50 bits per heavy atom. The molecule has 0 unspecified atom stereocenters. The molecule has 0 heterocycles. The predicted molar refractivity (Wildman–Crippen MR) is 23.3 cm³/mol. The smallest absolute Gasteiger partial charge is 0.303 e. The maximum Gasteiger partial charge on any atom is 0.466 e. The molecule has 49 valence electrons. The topological polar surface area (TPSA) is 89.8 Å². The second-order valence-electron chi connectivity index (χ2n) is 0.763. The number of rotatable bonds is 0. The van der Waals surface area contributed by atoms with Gasteiger partial charge in [-0.1, -0.05) is 0 Å². The fraction of sp³-hybridized carbons (Fsp3) is 1.00. The van der Waals surface area contributed by atoms with Gasteiger partial charge in [-0.3, -0.25) is 0 Å². The summed E-state index contributed by atoms with van der Waals surface area (Å²) in [6, 6.07) is 0. The van der Waals surface area contributed by atoms with Gasteiger partial charge in [-0.05, 0) is 0 Å². The Labute approximate surface area is 62.6 Å². The molecule has 0 aromatic rings. The number of nitrogens with one attached hydrogen (secondary N) is 1. The van der Waals surface area contributed by atoms with Crippen LogP contribution in [-0.2, 0) is 29.6 Å². The van der Waals surface area contributed by atoms with Gasteiger partial charge in [0, 0.05) is 0 Å². The Morgan fingerprint density at radius 2 is 1.50 bits per heavy atom. The van der Waals surface area contributed by atoms with E-state index in [1.165, 1.54) is 25.0 Å². The summed E-state index contributed by atoms with van der Waals surface area (Å²) in [5.41, 5.74) is 0. The van der Waals surface area contributed by atoms with E-state index in [-0.39, 0.29) is 0 Å². The zero-order valence-corrected chi connectivity index (χ0v) is 7.55. The van der Waals surface area contributed by atoms with Crippen LogP contribution in [0.2, 0.25) is 0 Å². The maximum atomic E-state index is 8.88. The second kappa shape index (κ2) is 6.08. The molecule has 0 saturated carbocycles. The van der Waals surface area contributed by atoms with Crippen LogP contribution in [0.4, 0.5) is 0 Å². The van der Waals surface area contributed by atoms with Gasteiger partial charge in [-0.2, -0.15) is 0 Å². The SMILES string of the molecule is C[NH][Zr].O=P(O)(O)O. The molecule has 0 aliphatic rings. The normalized spacial score (nSPS) is 9.38. The molecule has 8 heavy (non-hydrogen) atoms. The molecule has 0 amide bonds. The van der Waals surface area contributed by atoms with Crippen molar-refractivity contribution in [3.63, 3.8) is 0 Å². The summed E-state index contributed by atoms with van der Waals surface area (Å²) in [6.45, 7) is 0. The fourth-order valence-corrected chi connectivity index (χ4v) is 0. The molecule has 0 atom stereocenters. The minimum Gasteiger partial charge on any atom is -0.303 e. The molecular weight excluding hydrogens is 212 g/mol. The van der Waals surface area contributed by atoms with E-state index in [2.05, 4.69) is 3.26 Å². The summed E-state index contributed by atoms with van der Waals surface area (Å²) >= 11 is 1.39. The largest absolute Gasteiger partial charge is 0.466 e. The second-order valence-corrected chi connectivity index (χ2v) is 3.02.